The normalized spacial score (nSPS) is 11.8. The average Bonchev–Trinajstić information content (AvgIpc) is 2.03. The Morgan fingerprint density at radius 2 is 1.85 bits per heavy atom. The summed E-state index contributed by atoms with van der Waals surface area (Å²) in [6.07, 6.45) is -0.117. The maximum atomic E-state index is 10.3. The summed E-state index contributed by atoms with van der Waals surface area (Å²) in [5.41, 5.74) is 5.04. The summed E-state index contributed by atoms with van der Waals surface area (Å²) < 4.78 is 4.14. The molecule has 1 atom stereocenters. The Balaban J connectivity index is 3.62. The van der Waals surface area contributed by atoms with Gasteiger partial charge in [0.15, 0.2) is 0 Å². The van der Waals surface area contributed by atoms with Gasteiger partial charge >= 0.3 is 17.9 Å². The Bertz CT molecular complexity index is 225. The zero-order valence-corrected chi connectivity index (χ0v) is 6.60. The molecule has 0 heterocycles. The van der Waals surface area contributed by atoms with Crippen LogP contribution >= 0.6 is 0 Å². The highest BCUT2D eigenvalue weighted by Gasteiger charge is 2.15. The number of esters is 1. The van der Waals surface area contributed by atoms with Crippen LogP contribution in [-0.4, -0.2) is 40.8 Å². The number of rotatable bonds is 4. The van der Waals surface area contributed by atoms with Crippen molar-refractivity contribution in [3.63, 3.8) is 0 Å². The molecule has 0 aliphatic heterocycles. The fraction of sp³-hybridized carbons (Fsp3) is 0.500. The van der Waals surface area contributed by atoms with Gasteiger partial charge in [-0.1, -0.05) is 0 Å². The minimum atomic E-state index is -1.72. The Morgan fingerprint density at radius 3 is 2.23 bits per heavy atom. The average molecular weight is 191 g/mol. The molecule has 0 aromatic carbocycles. The van der Waals surface area contributed by atoms with Gasteiger partial charge in [-0.3, -0.25) is 4.79 Å². The van der Waals surface area contributed by atoms with Gasteiger partial charge in [-0.25, -0.2) is 9.59 Å². The summed E-state index contributed by atoms with van der Waals surface area (Å²) in [5.74, 6) is -4.37. The van der Waals surface area contributed by atoms with Crippen molar-refractivity contribution in [2.45, 2.75) is 12.5 Å². The Labute approximate surface area is 73.1 Å². The summed E-state index contributed by atoms with van der Waals surface area (Å²) in [5, 5.41) is 16.3. The van der Waals surface area contributed by atoms with Gasteiger partial charge in [0.2, 0.25) is 0 Å². The smallest absolute Gasteiger partial charge is 0.417 e. The molecule has 7 nitrogen and oxygen atoms in total. The van der Waals surface area contributed by atoms with E-state index in [4.69, 9.17) is 15.9 Å². The second-order valence-electron chi connectivity index (χ2n) is 2.17. The van der Waals surface area contributed by atoms with Crippen molar-refractivity contribution in [2.24, 2.45) is 5.73 Å². The number of carbonyl (C=O) groups is 3. The van der Waals surface area contributed by atoms with E-state index in [1.54, 1.807) is 0 Å². The van der Waals surface area contributed by atoms with Crippen LogP contribution in [0.1, 0.15) is 6.42 Å². The molecular weight excluding hydrogens is 182 g/mol. The maximum absolute atomic E-state index is 10.3. The van der Waals surface area contributed by atoms with E-state index in [9.17, 15) is 14.4 Å². The molecule has 0 amide bonds. The Hall–Kier alpha value is -1.63. The number of carboxylic acids is 2. The second-order valence-corrected chi connectivity index (χ2v) is 2.17. The fourth-order valence-electron chi connectivity index (χ4n) is 0.464. The lowest BCUT2D eigenvalue weighted by Gasteiger charge is -2.05. The highest BCUT2D eigenvalue weighted by atomic mass is 16.6. The molecule has 0 bridgehead atoms. The summed E-state index contributed by atoms with van der Waals surface area (Å²) in [6.45, 7) is -0.321. The van der Waals surface area contributed by atoms with Crippen molar-refractivity contribution in [1.29, 1.82) is 0 Å². The van der Waals surface area contributed by atoms with Gasteiger partial charge in [0, 0.05) is 6.42 Å². The quantitative estimate of drug-likeness (QED) is 0.361. The molecule has 0 aromatic heterocycles. The first-order chi connectivity index (χ1) is 5.95. The van der Waals surface area contributed by atoms with Gasteiger partial charge < -0.3 is 20.7 Å². The van der Waals surface area contributed by atoms with Crippen molar-refractivity contribution in [3.05, 3.63) is 0 Å². The van der Waals surface area contributed by atoms with Crippen molar-refractivity contribution in [2.75, 3.05) is 6.61 Å². The van der Waals surface area contributed by atoms with Crippen LogP contribution in [0.3, 0.4) is 0 Å². The zero-order valence-electron chi connectivity index (χ0n) is 6.60. The molecule has 0 rings (SSSR count). The number of carbonyl (C=O) groups excluding carboxylic acids is 1. The molecule has 0 aliphatic rings. The van der Waals surface area contributed by atoms with Crippen LogP contribution < -0.4 is 5.73 Å². The van der Waals surface area contributed by atoms with E-state index >= 15 is 0 Å². The minimum Gasteiger partial charge on any atom is -0.480 e. The lowest BCUT2D eigenvalue weighted by Crippen LogP contribution is -2.32. The third kappa shape index (κ3) is 4.75. The van der Waals surface area contributed by atoms with Gasteiger partial charge in [0.1, 0.15) is 6.04 Å². The van der Waals surface area contributed by atoms with Crippen LogP contribution in [0.2, 0.25) is 0 Å². The summed E-state index contributed by atoms with van der Waals surface area (Å²) in [4.78, 5) is 30.3. The van der Waals surface area contributed by atoms with Gasteiger partial charge in [0.25, 0.3) is 0 Å². The standard InChI is InChI=1S/C6H9NO6/c7-3(4(8)9)1-2-13-6(12)5(10)11/h3H,1-2,7H2,(H,8,9)(H,10,11). The molecule has 0 aromatic rings. The molecule has 0 aliphatic carbocycles. The highest BCUT2D eigenvalue weighted by Crippen LogP contribution is 1.90. The van der Waals surface area contributed by atoms with Crippen LogP contribution in [-0.2, 0) is 19.1 Å². The molecule has 0 saturated carbocycles. The van der Waals surface area contributed by atoms with Crippen LogP contribution in [0.4, 0.5) is 0 Å². The van der Waals surface area contributed by atoms with E-state index < -0.39 is 23.9 Å². The van der Waals surface area contributed by atoms with E-state index in [0.29, 0.717) is 0 Å². The van der Waals surface area contributed by atoms with Crippen molar-refractivity contribution in [1.82, 2.24) is 0 Å². The molecule has 0 spiro atoms. The molecule has 13 heavy (non-hydrogen) atoms. The molecular formula is C6H9NO6. The maximum Gasteiger partial charge on any atom is 0.417 e. The summed E-state index contributed by atoms with van der Waals surface area (Å²) >= 11 is 0. The van der Waals surface area contributed by atoms with Gasteiger partial charge in [-0.2, -0.15) is 0 Å². The molecule has 0 radical (unpaired) electrons. The van der Waals surface area contributed by atoms with E-state index in [1.165, 1.54) is 0 Å². The molecule has 1 unspecified atom stereocenters. The van der Waals surface area contributed by atoms with Gasteiger partial charge in [-0.05, 0) is 0 Å². The third-order valence-corrected chi connectivity index (χ3v) is 1.15. The van der Waals surface area contributed by atoms with Crippen LogP contribution in [0.25, 0.3) is 0 Å². The largest absolute Gasteiger partial charge is 0.480 e. The Kier molecular flexibility index (Phi) is 4.45. The van der Waals surface area contributed by atoms with Gasteiger partial charge in [0.05, 0.1) is 6.61 Å². The molecule has 0 saturated heterocycles. The Morgan fingerprint density at radius 1 is 1.31 bits per heavy atom. The zero-order chi connectivity index (χ0) is 10.4. The predicted molar refractivity (Wildman–Crippen MR) is 38.8 cm³/mol. The van der Waals surface area contributed by atoms with E-state index in [2.05, 4.69) is 4.74 Å². The molecule has 4 N–H and O–H groups in total. The first kappa shape index (κ1) is 11.4. The number of ether oxygens (including phenoxy) is 1. The molecule has 0 fully saturated rings. The number of aliphatic carboxylic acids is 2. The first-order valence-corrected chi connectivity index (χ1v) is 3.33. The van der Waals surface area contributed by atoms with Crippen molar-refractivity contribution < 1.29 is 29.3 Å². The third-order valence-electron chi connectivity index (χ3n) is 1.15. The van der Waals surface area contributed by atoms with Crippen LogP contribution in [0.5, 0.6) is 0 Å². The number of hydrogen-bond donors (Lipinski definition) is 3. The van der Waals surface area contributed by atoms with E-state index in [1.807, 2.05) is 0 Å². The second kappa shape index (κ2) is 5.09. The number of nitrogens with two attached hydrogens (primary N) is 1. The van der Waals surface area contributed by atoms with Crippen LogP contribution in [0.15, 0.2) is 0 Å². The van der Waals surface area contributed by atoms with Crippen LogP contribution in [0, 0.1) is 0 Å². The monoisotopic (exact) mass is 191 g/mol. The van der Waals surface area contributed by atoms with Crippen molar-refractivity contribution >= 4 is 17.9 Å². The molecule has 74 valence electrons. The van der Waals surface area contributed by atoms with Crippen molar-refractivity contribution in [3.8, 4) is 0 Å². The van der Waals surface area contributed by atoms with E-state index in [-0.39, 0.29) is 13.0 Å². The summed E-state index contributed by atoms with van der Waals surface area (Å²) in [6, 6.07) is -1.15. The minimum absolute atomic E-state index is 0.117. The predicted octanol–water partition coefficient (Wildman–Crippen LogP) is -1.58. The van der Waals surface area contributed by atoms with E-state index in [0.717, 1.165) is 0 Å². The number of carboxylic acid groups (broad SMARTS) is 2. The summed E-state index contributed by atoms with van der Waals surface area (Å²) in [7, 11) is 0. The fourth-order valence-corrected chi connectivity index (χ4v) is 0.464. The molecule has 7 heteroatoms. The lowest BCUT2D eigenvalue weighted by atomic mass is 10.2. The topological polar surface area (TPSA) is 127 Å². The highest BCUT2D eigenvalue weighted by molar-refractivity contribution is 6.28. The van der Waals surface area contributed by atoms with Gasteiger partial charge in [-0.15, -0.1) is 0 Å². The number of hydrogen-bond acceptors (Lipinski definition) is 5. The first-order valence-electron chi connectivity index (χ1n) is 3.33. The SMILES string of the molecule is NC(CCOC(=O)C(=O)O)C(=O)O. The lowest BCUT2D eigenvalue weighted by molar-refractivity contribution is -0.164.